The topological polar surface area (TPSA) is 52.1 Å². The highest BCUT2D eigenvalue weighted by Crippen LogP contribution is 2.19. The molecule has 0 aliphatic heterocycles. The highest BCUT2D eigenvalue weighted by Gasteiger charge is 2.10. The van der Waals surface area contributed by atoms with Gasteiger partial charge in [-0.25, -0.2) is 4.98 Å². The second kappa shape index (κ2) is 4.30. The zero-order valence-corrected chi connectivity index (χ0v) is 8.80. The van der Waals surface area contributed by atoms with Gasteiger partial charge in [0.05, 0.1) is 20.5 Å². The first-order valence-electron chi connectivity index (χ1n) is 4.79. The molecule has 2 aromatic heterocycles. The summed E-state index contributed by atoms with van der Waals surface area (Å²) in [6.07, 6.45) is 1.53. The minimum Gasteiger partial charge on any atom is -0.481 e. The minimum absolute atomic E-state index is 0.0436. The van der Waals surface area contributed by atoms with Crippen LogP contribution in [0.1, 0.15) is 10.4 Å². The molecule has 0 saturated heterocycles. The third kappa shape index (κ3) is 1.76. The Kier molecular flexibility index (Phi) is 2.85. The standard InChI is InChI=1S/C11H9BN2O2/c1-16-10-3-2-8-11(14-10)7(4-5-13-8)9(15)6-12/h2-5H,6H2,1H3. The molecule has 0 N–H and O–H groups in total. The number of Topliss-reactive ketones (excluding diaryl/α,β-unsaturated/α-hetero) is 1. The van der Waals surface area contributed by atoms with Crippen molar-refractivity contribution in [3.05, 3.63) is 30.0 Å². The fourth-order valence-corrected chi connectivity index (χ4v) is 1.46. The van der Waals surface area contributed by atoms with E-state index in [-0.39, 0.29) is 12.1 Å². The van der Waals surface area contributed by atoms with E-state index in [1.807, 2.05) is 0 Å². The van der Waals surface area contributed by atoms with Gasteiger partial charge in [-0.15, -0.1) is 0 Å². The highest BCUT2D eigenvalue weighted by molar-refractivity contribution is 6.25. The zero-order valence-electron chi connectivity index (χ0n) is 8.80. The fourth-order valence-electron chi connectivity index (χ4n) is 1.46. The summed E-state index contributed by atoms with van der Waals surface area (Å²) < 4.78 is 5.01. The van der Waals surface area contributed by atoms with Crippen LogP contribution in [0.15, 0.2) is 24.4 Å². The summed E-state index contributed by atoms with van der Waals surface area (Å²) in [4.78, 5) is 19.9. The first-order valence-corrected chi connectivity index (χ1v) is 4.79. The number of hydrogen-bond acceptors (Lipinski definition) is 4. The number of methoxy groups -OCH3 is 1. The van der Waals surface area contributed by atoms with Crippen LogP contribution in [-0.4, -0.2) is 30.7 Å². The zero-order chi connectivity index (χ0) is 11.5. The molecule has 2 heterocycles. The molecule has 0 aromatic carbocycles. The molecule has 0 spiro atoms. The van der Waals surface area contributed by atoms with Gasteiger partial charge in [-0.2, -0.15) is 0 Å². The van der Waals surface area contributed by atoms with Gasteiger partial charge in [0, 0.05) is 17.8 Å². The molecule has 2 radical (unpaired) electrons. The van der Waals surface area contributed by atoms with E-state index in [2.05, 4.69) is 9.97 Å². The smallest absolute Gasteiger partial charge is 0.213 e. The van der Waals surface area contributed by atoms with Crippen LogP contribution in [0.25, 0.3) is 11.0 Å². The molecular formula is C11H9BN2O2. The average Bonchev–Trinajstić information content (AvgIpc) is 2.36. The van der Waals surface area contributed by atoms with Crippen LogP contribution in [0.3, 0.4) is 0 Å². The van der Waals surface area contributed by atoms with Crippen LogP contribution in [0.5, 0.6) is 5.88 Å². The van der Waals surface area contributed by atoms with Crippen LogP contribution in [-0.2, 0) is 0 Å². The second-order valence-electron chi connectivity index (χ2n) is 3.21. The first-order chi connectivity index (χ1) is 7.76. The van der Waals surface area contributed by atoms with Crippen LogP contribution in [0.2, 0.25) is 6.32 Å². The predicted molar refractivity (Wildman–Crippen MR) is 61.0 cm³/mol. The van der Waals surface area contributed by atoms with Gasteiger partial charge in [0.15, 0.2) is 5.78 Å². The molecule has 16 heavy (non-hydrogen) atoms. The maximum atomic E-state index is 11.6. The Morgan fingerprint density at radius 1 is 1.44 bits per heavy atom. The highest BCUT2D eigenvalue weighted by atomic mass is 16.5. The van der Waals surface area contributed by atoms with E-state index in [1.165, 1.54) is 7.11 Å². The maximum absolute atomic E-state index is 11.6. The Morgan fingerprint density at radius 3 is 2.94 bits per heavy atom. The molecule has 0 bridgehead atoms. The van der Waals surface area contributed by atoms with Gasteiger partial charge in [-0.3, -0.25) is 9.78 Å². The van der Waals surface area contributed by atoms with E-state index in [0.717, 1.165) is 0 Å². The number of aromatic nitrogens is 2. The van der Waals surface area contributed by atoms with Crippen LogP contribution >= 0.6 is 0 Å². The van der Waals surface area contributed by atoms with Crippen molar-refractivity contribution < 1.29 is 9.53 Å². The lowest BCUT2D eigenvalue weighted by Crippen LogP contribution is -2.01. The van der Waals surface area contributed by atoms with Crippen molar-refractivity contribution in [3.8, 4) is 5.88 Å². The van der Waals surface area contributed by atoms with Crippen LogP contribution < -0.4 is 4.74 Å². The fraction of sp³-hybridized carbons (Fsp3) is 0.182. The van der Waals surface area contributed by atoms with Crippen molar-refractivity contribution in [1.82, 2.24) is 9.97 Å². The molecule has 0 amide bonds. The number of hydrogen-bond donors (Lipinski definition) is 0. The Balaban J connectivity index is 2.68. The number of fused-ring (bicyclic) bond motifs is 1. The summed E-state index contributed by atoms with van der Waals surface area (Å²) in [5.41, 5.74) is 1.66. The number of carbonyl (C=O) groups excluding carboxylic acids is 1. The van der Waals surface area contributed by atoms with Gasteiger partial charge in [0.2, 0.25) is 5.88 Å². The maximum Gasteiger partial charge on any atom is 0.213 e. The van der Waals surface area contributed by atoms with Crippen LogP contribution in [0, 0.1) is 0 Å². The number of carbonyl (C=O) groups is 1. The predicted octanol–water partition coefficient (Wildman–Crippen LogP) is 1.41. The third-order valence-corrected chi connectivity index (χ3v) is 2.25. The molecule has 0 saturated carbocycles. The van der Waals surface area contributed by atoms with E-state index in [1.54, 1.807) is 24.4 Å². The van der Waals surface area contributed by atoms with Crippen molar-refractivity contribution in [2.24, 2.45) is 0 Å². The summed E-state index contributed by atoms with van der Waals surface area (Å²) in [5, 5.41) is 0. The van der Waals surface area contributed by atoms with Gasteiger partial charge in [-0.05, 0) is 18.5 Å². The minimum atomic E-state index is -0.159. The van der Waals surface area contributed by atoms with Gasteiger partial charge in [0.1, 0.15) is 5.52 Å². The van der Waals surface area contributed by atoms with Crippen molar-refractivity contribution in [1.29, 1.82) is 0 Å². The Morgan fingerprint density at radius 2 is 2.25 bits per heavy atom. The second-order valence-corrected chi connectivity index (χ2v) is 3.21. The molecule has 0 aliphatic carbocycles. The van der Waals surface area contributed by atoms with Crippen molar-refractivity contribution in [3.63, 3.8) is 0 Å². The Bertz CT molecular complexity index is 542. The summed E-state index contributed by atoms with van der Waals surface area (Å²) in [6.45, 7) is 0. The number of ether oxygens (including phenoxy) is 1. The van der Waals surface area contributed by atoms with E-state index in [0.29, 0.717) is 22.5 Å². The van der Waals surface area contributed by atoms with Gasteiger partial charge in [-0.1, -0.05) is 0 Å². The van der Waals surface area contributed by atoms with E-state index in [9.17, 15) is 4.79 Å². The number of rotatable bonds is 3. The average molecular weight is 212 g/mol. The molecule has 0 atom stereocenters. The van der Waals surface area contributed by atoms with E-state index >= 15 is 0 Å². The monoisotopic (exact) mass is 212 g/mol. The van der Waals surface area contributed by atoms with Crippen molar-refractivity contribution >= 4 is 24.7 Å². The molecule has 0 fully saturated rings. The molecular weight excluding hydrogens is 203 g/mol. The summed E-state index contributed by atoms with van der Waals surface area (Å²) >= 11 is 0. The van der Waals surface area contributed by atoms with Crippen molar-refractivity contribution in [2.75, 3.05) is 7.11 Å². The van der Waals surface area contributed by atoms with Crippen LogP contribution in [0.4, 0.5) is 0 Å². The SMILES string of the molecule is [B]CC(=O)c1ccnc2ccc(OC)nc12. The Labute approximate surface area is 94.1 Å². The quantitative estimate of drug-likeness (QED) is 0.570. The summed E-state index contributed by atoms with van der Waals surface area (Å²) in [6, 6.07) is 5.07. The van der Waals surface area contributed by atoms with E-state index in [4.69, 9.17) is 12.6 Å². The molecule has 4 nitrogen and oxygen atoms in total. The molecule has 78 valence electrons. The third-order valence-electron chi connectivity index (χ3n) is 2.25. The van der Waals surface area contributed by atoms with Gasteiger partial charge < -0.3 is 4.74 Å². The van der Waals surface area contributed by atoms with Crippen molar-refractivity contribution in [2.45, 2.75) is 6.32 Å². The summed E-state index contributed by atoms with van der Waals surface area (Å²) in [7, 11) is 6.86. The lowest BCUT2D eigenvalue weighted by atomic mass is 9.95. The van der Waals surface area contributed by atoms with Gasteiger partial charge >= 0.3 is 0 Å². The number of nitrogens with zero attached hydrogens (tertiary/aromatic N) is 2. The lowest BCUT2D eigenvalue weighted by molar-refractivity contribution is 0.101. The molecule has 5 heteroatoms. The largest absolute Gasteiger partial charge is 0.481 e. The number of ketones is 1. The lowest BCUT2D eigenvalue weighted by Gasteiger charge is -2.04. The number of pyridine rings is 2. The molecule has 2 rings (SSSR count). The normalized spacial score (nSPS) is 10.3. The molecule has 0 unspecified atom stereocenters. The summed E-state index contributed by atoms with van der Waals surface area (Å²) in [5.74, 6) is 0.291. The Hall–Kier alpha value is -1.91. The first kappa shape index (κ1) is 10.6. The van der Waals surface area contributed by atoms with E-state index < -0.39 is 0 Å². The molecule has 2 aromatic rings. The molecule has 0 aliphatic rings. The van der Waals surface area contributed by atoms with Gasteiger partial charge in [0.25, 0.3) is 0 Å².